The molecular weight excluding hydrogens is 208 g/mol. The minimum atomic E-state index is 0.568. The molecule has 17 heavy (non-hydrogen) atoms. The highest BCUT2D eigenvalue weighted by Gasteiger charge is 2.20. The van der Waals surface area contributed by atoms with E-state index in [0.29, 0.717) is 12.0 Å². The summed E-state index contributed by atoms with van der Waals surface area (Å²) in [4.78, 5) is 2.56. The van der Waals surface area contributed by atoms with E-state index < -0.39 is 0 Å². The first-order valence-electron chi connectivity index (χ1n) is 6.62. The third-order valence-electron chi connectivity index (χ3n) is 3.60. The average Bonchev–Trinajstić information content (AvgIpc) is 2.40. The molecule has 94 valence electrons. The van der Waals surface area contributed by atoms with E-state index >= 15 is 0 Å². The number of hydrogen-bond acceptors (Lipinski definition) is 2. The van der Waals surface area contributed by atoms with Gasteiger partial charge in [0.2, 0.25) is 0 Å². The number of rotatable bonds is 1. The van der Waals surface area contributed by atoms with Gasteiger partial charge in [-0.1, -0.05) is 25.1 Å². The average molecular weight is 232 g/mol. The van der Waals surface area contributed by atoms with E-state index in [1.54, 1.807) is 0 Å². The molecule has 0 bridgehead atoms. The van der Waals surface area contributed by atoms with Crippen LogP contribution >= 0.6 is 0 Å². The number of para-hydroxylation sites is 1. The summed E-state index contributed by atoms with van der Waals surface area (Å²) < 4.78 is 0. The lowest BCUT2D eigenvalue weighted by Crippen LogP contribution is -2.36. The van der Waals surface area contributed by atoms with Crippen molar-refractivity contribution < 1.29 is 0 Å². The van der Waals surface area contributed by atoms with Crippen LogP contribution in [0.25, 0.3) is 0 Å². The lowest BCUT2D eigenvalue weighted by Gasteiger charge is -2.29. The molecule has 1 aliphatic heterocycles. The van der Waals surface area contributed by atoms with Gasteiger partial charge in [-0.2, -0.15) is 0 Å². The predicted molar refractivity (Wildman–Crippen MR) is 74.8 cm³/mol. The summed E-state index contributed by atoms with van der Waals surface area (Å²) in [6.07, 6.45) is 0. The molecule has 1 saturated heterocycles. The van der Waals surface area contributed by atoms with Gasteiger partial charge in [0.25, 0.3) is 0 Å². The molecule has 2 unspecified atom stereocenters. The number of anilines is 1. The topological polar surface area (TPSA) is 15.3 Å². The van der Waals surface area contributed by atoms with Crippen molar-refractivity contribution in [2.75, 3.05) is 24.5 Å². The second-order valence-electron chi connectivity index (χ2n) is 5.56. The molecule has 2 heteroatoms. The predicted octanol–water partition coefficient (Wildman–Crippen LogP) is 2.74. The molecule has 1 aliphatic rings. The minimum Gasteiger partial charge on any atom is -0.369 e. The molecule has 0 saturated carbocycles. The third kappa shape index (κ3) is 2.81. The second kappa shape index (κ2) is 5.09. The first-order chi connectivity index (χ1) is 8.08. The molecule has 1 aromatic rings. The fraction of sp³-hybridized carbons (Fsp3) is 0.600. The zero-order valence-corrected chi connectivity index (χ0v) is 11.5. The Morgan fingerprint density at radius 3 is 2.41 bits per heavy atom. The first kappa shape index (κ1) is 12.4. The Kier molecular flexibility index (Phi) is 3.72. The van der Waals surface area contributed by atoms with Crippen LogP contribution in [0.15, 0.2) is 18.2 Å². The van der Waals surface area contributed by atoms with Crippen LogP contribution in [0.1, 0.15) is 25.0 Å². The zero-order chi connectivity index (χ0) is 12.4. The van der Waals surface area contributed by atoms with Crippen LogP contribution in [0.2, 0.25) is 0 Å². The summed E-state index contributed by atoms with van der Waals surface area (Å²) in [5, 5.41) is 3.59. The molecule has 1 fully saturated rings. The van der Waals surface area contributed by atoms with Crippen molar-refractivity contribution in [2.24, 2.45) is 5.92 Å². The van der Waals surface area contributed by atoms with Gasteiger partial charge in [-0.25, -0.2) is 0 Å². The van der Waals surface area contributed by atoms with E-state index in [-0.39, 0.29) is 0 Å². The van der Waals surface area contributed by atoms with Crippen molar-refractivity contribution in [1.82, 2.24) is 5.32 Å². The van der Waals surface area contributed by atoms with Crippen molar-refractivity contribution in [2.45, 2.75) is 33.7 Å². The van der Waals surface area contributed by atoms with Crippen molar-refractivity contribution in [3.8, 4) is 0 Å². The summed E-state index contributed by atoms with van der Waals surface area (Å²) >= 11 is 0. The van der Waals surface area contributed by atoms with E-state index in [0.717, 1.165) is 19.6 Å². The maximum Gasteiger partial charge on any atom is 0.0426 e. The third-order valence-corrected chi connectivity index (χ3v) is 3.60. The van der Waals surface area contributed by atoms with Gasteiger partial charge in [0, 0.05) is 24.8 Å². The van der Waals surface area contributed by atoms with Gasteiger partial charge in [0.1, 0.15) is 0 Å². The molecule has 2 atom stereocenters. The fourth-order valence-corrected chi connectivity index (χ4v) is 2.80. The van der Waals surface area contributed by atoms with E-state index in [1.165, 1.54) is 16.8 Å². The zero-order valence-electron chi connectivity index (χ0n) is 11.5. The Morgan fingerprint density at radius 1 is 1.12 bits per heavy atom. The maximum absolute atomic E-state index is 3.59. The van der Waals surface area contributed by atoms with Crippen LogP contribution < -0.4 is 10.2 Å². The van der Waals surface area contributed by atoms with Crippen LogP contribution in [-0.2, 0) is 0 Å². The van der Waals surface area contributed by atoms with Crippen LogP contribution in [0.5, 0.6) is 0 Å². The van der Waals surface area contributed by atoms with Gasteiger partial charge >= 0.3 is 0 Å². The van der Waals surface area contributed by atoms with Crippen LogP contribution in [0.3, 0.4) is 0 Å². The molecule has 0 amide bonds. The van der Waals surface area contributed by atoms with Gasteiger partial charge in [0.15, 0.2) is 0 Å². The van der Waals surface area contributed by atoms with E-state index in [1.807, 2.05) is 0 Å². The largest absolute Gasteiger partial charge is 0.369 e. The van der Waals surface area contributed by atoms with Crippen molar-refractivity contribution >= 4 is 5.69 Å². The molecule has 0 radical (unpaired) electrons. The van der Waals surface area contributed by atoms with Gasteiger partial charge in [-0.3, -0.25) is 0 Å². The molecule has 0 aliphatic carbocycles. The summed E-state index contributed by atoms with van der Waals surface area (Å²) in [6.45, 7) is 12.4. The quantitative estimate of drug-likeness (QED) is 0.801. The fourth-order valence-electron chi connectivity index (χ4n) is 2.80. The first-order valence-corrected chi connectivity index (χ1v) is 6.62. The van der Waals surface area contributed by atoms with Crippen molar-refractivity contribution in [3.63, 3.8) is 0 Å². The molecule has 0 aromatic heterocycles. The van der Waals surface area contributed by atoms with Gasteiger partial charge in [0.05, 0.1) is 0 Å². The van der Waals surface area contributed by atoms with Gasteiger partial charge in [-0.05, 0) is 44.4 Å². The Balaban J connectivity index is 2.30. The van der Waals surface area contributed by atoms with Gasteiger partial charge in [-0.15, -0.1) is 0 Å². The van der Waals surface area contributed by atoms with E-state index in [4.69, 9.17) is 0 Å². The molecular formula is C15H24N2. The van der Waals surface area contributed by atoms with Crippen LogP contribution in [0.4, 0.5) is 5.69 Å². The van der Waals surface area contributed by atoms with Crippen LogP contribution in [0, 0.1) is 19.8 Å². The highest BCUT2D eigenvalue weighted by molar-refractivity contribution is 5.59. The Morgan fingerprint density at radius 2 is 1.76 bits per heavy atom. The summed E-state index contributed by atoms with van der Waals surface area (Å²) in [7, 11) is 0. The lowest BCUT2D eigenvalue weighted by molar-refractivity contribution is 0.525. The number of benzene rings is 1. The van der Waals surface area contributed by atoms with Gasteiger partial charge < -0.3 is 10.2 Å². The Hall–Kier alpha value is -1.02. The number of nitrogens with zero attached hydrogens (tertiary/aromatic N) is 1. The summed E-state index contributed by atoms with van der Waals surface area (Å²) in [5.41, 5.74) is 4.23. The lowest BCUT2D eigenvalue weighted by atomic mass is 10.1. The van der Waals surface area contributed by atoms with Crippen molar-refractivity contribution in [3.05, 3.63) is 29.3 Å². The smallest absolute Gasteiger partial charge is 0.0426 e. The monoisotopic (exact) mass is 232 g/mol. The molecule has 1 N–H and O–H groups in total. The highest BCUT2D eigenvalue weighted by atomic mass is 15.2. The summed E-state index contributed by atoms with van der Waals surface area (Å²) in [6, 6.07) is 7.15. The molecule has 0 spiro atoms. The summed E-state index contributed by atoms with van der Waals surface area (Å²) in [5.74, 6) is 0.707. The second-order valence-corrected chi connectivity index (χ2v) is 5.56. The van der Waals surface area contributed by atoms with Crippen molar-refractivity contribution in [1.29, 1.82) is 0 Å². The molecule has 2 nitrogen and oxygen atoms in total. The standard InChI is InChI=1S/C15H24N2/c1-11-8-16-14(4)10-17(9-11)15-12(2)6-5-7-13(15)3/h5-7,11,14,16H,8-10H2,1-4H3. The number of aryl methyl sites for hydroxylation is 2. The van der Waals surface area contributed by atoms with E-state index in [9.17, 15) is 0 Å². The Labute approximate surface area is 105 Å². The minimum absolute atomic E-state index is 0.568. The molecule has 2 rings (SSSR count). The number of nitrogens with one attached hydrogen (secondary N) is 1. The number of hydrogen-bond donors (Lipinski definition) is 1. The molecule has 1 heterocycles. The Bertz CT molecular complexity index is 354. The molecule has 1 aromatic carbocycles. The maximum atomic E-state index is 3.59. The SMILES string of the molecule is Cc1cccc(C)c1N1CC(C)CNC(C)C1. The van der Waals surface area contributed by atoms with Crippen LogP contribution in [-0.4, -0.2) is 25.7 Å². The van der Waals surface area contributed by atoms with E-state index in [2.05, 4.69) is 56.1 Å². The normalized spacial score (nSPS) is 25.8. The highest BCUT2D eigenvalue weighted by Crippen LogP contribution is 2.26.